The number of anilines is 3. The van der Waals surface area contributed by atoms with Crippen LogP contribution in [0.4, 0.5) is 17.5 Å². The van der Waals surface area contributed by atoms with E-state index >= 15 is 0 Å². The van der Waals surface area contributed by atoms with E-state index in [2.05, 4.69) is 25.6 Å². The van der Waals surface area contributed by atoms with E-state index in [1.165, 1.54) is 0 Å². The SMILES string of the molecule is Nc1nc(NCc2ccco2)c(Cl)nc1C(=O)Nc1ccccn1. The molecule has 8 nitrogen and oxygen atoms in total. The maximum absolute atomic E-state index is 12.2. The van der Waals surface area contributed by atoms with Crippen molar-refractivity contribution >= 4 is 35.0 Å². The molecule has 122 valence electrons. The van der Waals surface area contributed by atoms with Gasteiger partial charge in [-0.05, 0) is 24.3 Å². The largest absolute Gasteiger partial charge is 0.467 e. The molecule has 0 bridgehead atoms. The third kappa shape index (κ3) is 3.61. The molecule has 0 spiro atoms. The van der Waals surface area contributed by atoms with E-state index in [0.717, 1.165) is 0 Å². The van der Waals surface area contributed by atoms with E-state index < -0.39 is 5.91 Å². The number of nitrogen functional groups attached to an aromatic ring is 1. The molecule has 0 radical (unpaired) electrons. The van der Waals surface area contributed by atoms with Crippen LogP contribution < -0.4 is 16.4 Å². The molecule has 24 heavy (non-hydrogen) atoms. The van der Waals surface area contributed by atoms with E-state index in [1.807, 2.05) is 0 Å². The van der Waals surface area contributed by atoms with Gasteiger partial charge in [0.1, 0.15) is 11.6 Å². The Labute approximate surface area is 142 Å². The van der Waals surface area contributed by atoms with Crippen LogP contribution in [0.15, 0.2) is 47.2 Å². The quantitative estimate of drug-likeness (QED) is 0.650. The number of nitrogens with two attached hydrogens (primary N) is 1. The third-order valence-corrected chi connectivity index (χ3v) is 3.28. The van der Waals surface area contributed by atoms with Gasteiger partial charge in [-0.1, -0.05) is 17.7 Å². The molecule has 3 rings (SSSR count). The standard InChI is InChI=1S/C15H13ClN6O2/c16-12-14(19-8-9-4-3-7-24-9)22-13(17)11(21-12)15(23)20-10-5-1-2-6-18-10/h1-7H,8H2,(H3,17,19,22)(H,18,20,23). The van der Waals surface area contributed by atoms with Gasteiger partial charge < -0.3 is 20.8 Å². The van der Waals surface area contributed by atoms with Crippen LogP contribution in [0.5, 0.6) is 0 Å². The fraction of sp³-hybridized carbons (Fsp3) is 0.0667. The Morgan fingerprint density at radius 1 is 1.25 bits per heavy atom. The number of nitrogens with zero attached hydrogens (tertiary/aromatic N) is 3. The van der Waals surface area contributed by atoms with Crippen LogP contribution in [0.3, 0.4) is 0 Å². The number of amides is 1. The summed E-state index contributed by atoms with van der Waals surface area (Å²) in [6.45, 7) is 0.361. The predicted molar refractivity (Wildman–Crippen MR) is 89.7 cm³/mol. The number of halogens is 1. The summed E-state index contributed by atoms with van der Waals surface area (Å²) in [6.07, 6.45) is 3.11. The smallest absolute Gasteiger partial charge is 0.279 e. The van der Waals surface area contributed by atoms with Gasteiger partial charge >= 0.3 is 0 Å². The van der Waals surface area contributed by atoms with Gasteiger partial charge in [0.15, 0.2) is 22.5 Å². The molecule has 0 fully saturated rings. The Balaban J connectivity index is 1.75. The predicted octanol–water partition coefficient (Wildman–Crippen LogP) is 2.56. The summed E-state index contributed by atoms with van der Waals surface area (Å²) in [6, 6.07) is 8.69. The van der Waals surface area contributed by atoms with Gasteiger partial charge in [0.2, 0.25) is 0 Å². The molecule has 3 heterocycles. The molecule has 0 unspecified atom stereocenters. The van der Waals surface area contributed by atoms with E-state index in [-0.39, 0.29) is 22.5 Å². The number of aromatic nitrogens is 3. The molecule has 0 aliphatic rings. The van der Waals surface area contributed by atoms with Crippen molar-refractivity contribution in [2.75, 3.05) is 16.4 Å². The molecule has 0 aromatic carbocycles. The molecule has 0 saturated carbocycles. The summed E-state index contributed by atoms with van der Waals surface area (Å²) >= 11 is 6.07. The van der Waals surface area contributed by atoms with Crippen LogP contribution in [0.2, 0.25) is 5.15 Å². The van der Waals surface area contributed by atoms with Crippen LogP contribution in [0.1, 0.15) is 16.2 Å². The van der Waals surface area contributed by atoms with Crippen LogP contribution in [0, 0.1) is 0 Å². The van der Waals surface area contributed by atoms with Crippen LogP contribution >= 0.6 is 11.6 Å². The lowest BCUT2D eigenvalue weighted by atomic mass is 10.3. The Bertz CT molecular complexity index is 839. The molecule has 3 aromatic heterocycles. The second kappa shape index (κ2) is 6.97. The van der Waals surface area contributed by atoms with Crippen molar-refractivity contribution in [3.63, 3.8) is 0 Å². The molecular weight excluding hydrogens is 332 g/mol. The Morgan fingerprint density at radius 3 is 2.83 bits per heavy atom. The zero-order valence-electron chi connectivity index (χ0n) is 12.4. The lowest BCUT2D eigenvalue weighted by Crippen LogP contribution is -2.18. The lowest BCUT2D eigenvalue weighted by molar-refractivity contribution is 0.102. The molecule has 0 saturated heterocycles. The summed E-state index contributed by atoms with van der Waals surface area (Å²) < 4.78 is 5.20. The van der Waals surface area contributed by atoms with Gasteiger partial charge in [-0.15, -0.1) is 0 Å². The number of hydrogen-bond donors (Lipinski definition) is 3. The minimum atomic E-state index is -0.543. The highest BCUT2D eigenvalue weighted by molar-refractivity contribution is 6.32. The van der Waals surface area contributed by atoms with E-state index in [1.54, 1.807) is 42.8 Å². The summed E-state index contributed by atoms with van der Waals surface area (Å²) in [5.74, 6) is 0.746. The van der Waals surface area contributed by atoms with E-state index in [0.29, 0.717) is 18.1 Å². The number of rotatable bonds is 5. The summed E-state index contributed by atoms with van der Waals surface area (Å²) in [5, 5.41) is 5.55. The summed E-state index contributed by atoms with van der Waals surface area (Å²) in [4.78, 5) is 24.3. The number of furan rings is 1. The average Bonchev–Trinajstić information content (AvgIpc) is 3.09. The maximum atomic E-state index is 12.2. The van der Waals surface area contributed by atoms with Gasteiger partial charge in [-0.25, -0.2) is 15.0 Å². The Kier molecular flexibility index (Phi) is 4.57. The maximum Gasteiger partial charge on any atom is 0.279 e. The molecular formula is C15H13ClN6O2. The highest BCUT2D eigenvalue weighted by Gasteiger charge is 2.17. The van der Waals surface area contributed by atoms with Gasteiger partial charge in [0.05, 0.1) is 12.8 Å². The zero-order valence-corrected chi connectivity index (χ0v) is 13.1. The number of nitrogens with one attached hydrogen (secondary N) is 2. The van der Waals surface area contributed by atoms with Gasteiger partial charge in [-0.3, -0.25) is 4.79 Å². The minimum absolute atomic E-state index is 0.0296. The number of carbonyl (C=O) groups excluding carboxylic acids is 1. The molecule has 0 aliphatic carbocycles. The van der Waals surface area contributed by atoms with Gasteiger partial charge in [0, 0.05) is 6.20 Å². The second-order valence-corrected chi connectivity index (χ2v) is 5.06. The molecule has 0 aliphatic heterocycles. The highest BCUT2D eigenvalue weighted by atomic mass is 35.5. The first kappa shape index (κ1) is 15.8. The van der Waals surface area contributed by atoms with Crippen molar-refractivity contribution in [2.45, 2.75) is 6.54 Å². The average molecular weight is 345 g/mol. The second-order valence-electron chi connectivity index (χ2n) is 4.70. The van der Waals surface area contributed by atoms with Crippen LogP contribution in [-0.2, 0) is 6.54 Å². The lowest BCUT2D eigenvalue weighted by Gasteiger charge is -2.10. The summed E-state index contributed by atoms with van der Waals surface area (Å²) in [7, 11) is 0. The molecule has 4 N–H and O–H groups in total. The van der Waals surface area contributed by atoms with Crippen molar-refractivity contribution in [2.24, 2.45) is 0 Å². The first-order valence-corrected chi connectivity index (χ1v) is 7.33. The number of carbonyl (C=O) groups is 1. The summed E-state index contributed by atoms with van der Waals surface area (Å²) in [5.41, 5.74) is 5.74. The van der Waals surface area contributed by atoms with Crippen molar-refractivity contribution in [1.82, 2.24) is 15.0 Å². The fourth-order valence-electron chi connectivity index (χ4n) is 1.90. The Hall–Kier alpha value is -3.13. The highest BCUT2D eigenvalue weighted by Crippen LogP contribution is 2.21. The molecule has 3 aromatic rings. The first-order chi connectivity index (χ1) is 11.6. The van der Waals surface area contributed by atoms with Crippen molar-refractivity contribution in [3.05, 3.63) is 59.4 Å². The zero-order chi connectivity index (χ0) is 16.9. The molecule has 9 heteroatoms. The van der Waals surface area contributed by atoms with Gasteiger partial charge in [-0.2, -0.15) is 0 Å². The first-order valence-electron chi connectivity index (χ1n) is 6.95. The normalized spacial score (nSPS) is 10.4. The van der Waals surface area contributed by atoms with Crippen LogP contribution in [-0.4, -0.2) is 20.9 Å². The van der Waals surface area contributed by atoms with Crippen LogP contribution in [0.25, 0.3) is 0 Å². The fourth-order valence-corrected chi connectivity index (χ4v) is 2.10. The van der Waals surface area contributed by atoms with E-state index in [9.17, 15) is 4.79 Å². The van der Waals surface area contributed by atoms with Crippen molar-refractivity contribution in [3.8, 4) is 0 Å². The molecule has 0 atom stereocenters. The number of hydrogen-bond acceptors (Lipinski definition) is 7. The van der Waals surface area contributed by atoms with Crippen molar-refractivity contribution < 1.29 is 9.21 Å². The van der Waals surface area contributed by atoms with Gasteiger partial charge in [0.25, 0.3) is 5.91 Å². The van der Waals surface area contributed by atoms with E-state index in [4.69, 9.17) is 21.8 Å². The topological polar surface area (TPSA) is 119 Å². The monoisotopic (exact) mass is 344 g/mol. The molecule has 1 amide bonds. The third-order valence-electron chi connectivity index (χ3n) is 3.01. The Morgan fingerprint density at radius 2 is 2.12 bits per heavy atom. The minimum Gasteiger partial charge on any atom is -0.467 e. The number of pyridine rings is 1. The van der Waals surface area contributed by atoms with Crippen molar-refractivity contribution in [1.29, 1.82) is 0 Å².